The van der Waals surface area contributed by atoms with Crippen LogP contribution in [-0.2, 0) is 0 Å². The number of benzene rings is 2. The Morgan fingerprint density at radius 2 is 1.93 bits per heavy atom. The predicted molar refractivity (Wildman–Crippen MR) is 99.4 cm³/mol. The quantitative estimate of drug-likeness (QED) is 0.827. The number of carboxylic acid groups (broad SMARTS) is 1. The van der Waals surface area contributed by atoms with Gasteiger partial charge in [-0.15, -0.1) is 0 Å². The molecule has 2 saturated carbocycles. The molecule has 27 heavy (non-hydrogen) atoms. The Balaban J connectivity index is 1.51. The number of hydrogen-bond donors (Lipinski definition) is 2. The molecule has 5 heteroatoms. The third-order valence-corrected chi connectivity index (χ3v) is 7.11. The molecule has 0 spiro atoms. The standard InChI is InChI=1S/C22H21NO4/c24-22(25)15-3-1-2-14-18-11-4-5-12(8-11)19(18)20(23-21(14)15)13-6-7-16-17(9-13)27-10-26-16/h1-3,6-7,9,11-12,18-20,23H,4-5,8,10H2,(H,24,25)/t11-,12-,18-,19-,20+/m0/s1. The van der Waals surface area contributed by atoms with Crippen LogP contribution in [0.5, 0.6) is 11.5 Å². The Kier molecular flexibility index (Phi) is 3.08. The summed E-state index contributed by atoms with van der Waals surface area (Å²) in [6, 6.07) is 12.0. The molecule has 5 nitrogen and oxygen atoms in total. The van der Waals surface area contributed by atoms with E-state index in [2.05, 4.69) is 23.5 Å². The van der Waals surface area contributed by atoms with Gasteiger partial charge in [0, 0.05) is 0 Å². The lowest BCUT2D eigenvalue weighted by Gasteiger charge is -2.44. The first-order valence-electron chi connectivity index (χ1n) is 9.73. The maximum Gasteiger partial charge on any atom is 0.337 e. The van der Waals surface area contributed by atoms with Gasteiger partial charge in [-0.25, -0.2) is 4.79 Å². The summed E-state index contributed by atoms with van der Waals surface area (Å²) in [4.78, 5) is 11.8. The number of anilines is 1. The molecule has 6 rings (SSSR count). The fourth-order valence-corrected chi connectivity index (χ4v) is 6.13. The lowest BCUT2D eigenvalue weighted by atomic mass is 9.67. The zero-order valence-electron chi connectivity index (χ0n) is 14.9. The molecule has 0 amide bonds. The third-order valence-electron chi connectivity index (χ3n) is 7.11. The van der Waals surface area contributed by atoms with Crippen molar-refractivity contribution in [3.8, 4) is 11.5 Å². The number of carbonyl (C=O) groups is 1. The average molecular weight is 363 g/mol. The van der Waals surface area contributed by atoms with Gasteiger partial charge in [-0.3, -0.25) is 0 Å². The number of ether oxygens (including phenoxy) is 2. The molecular formula is C22H21NO4. The summed E-state index contributed by atoms with van der Waals surface area (Å²) in [5.41, 5.74) is 3.54. The molecule has 0 radical (unpaired) electrons. The van der Waals surface area contributed by atoms with Gasteiger partial charge in [-0.05, 0) is 72.3 Å². The van der Waals surface area contributed by atoms with E-state index in [9.17, 15) is 9.90 Å². The van der Waals surface area contributed by atoms with Gasteiger partial charge in [0.25, 0.3) is 0 Å². The molecule has 2 aromatic carbocycles. The summed E-state index contributed by atoms with van der Waals surface area (Å²) in [5.74, 6) is 3.00. The van der Waals surface area contributed by atoms with Crippen molar-refractivity contribution in [3.05, 3.63) is 53.1 Å². The number of para-hydroxylation sites is 1. The lowest BCUT2D eigenvalue weighted by molar-refractivity contribution is 0.0697. The molecule has 0 unspecified atom stereocenters. The number of hydrogen-bond acceptors (Lipinski definition) is 4. The number of rotatable bonds is 2. The highest BCUT2D eigenvalue weighted by atomic mass is 16.7. The van der Waals surface area contributed by atoms with E-state index in [4.69, 9.17) is 9.47 Å². The van der Waals surface area contributed by atoms with Crippen LogP contribution in [0, 0.1) is 17.8 Å². The Hall–Kier alpha value is -2.69. The molecule has 2 aliphatic carbocycles. The summed E-state index contributed by atoms with van der Waals surface area (Å²) < 4.78 is 11.1. The number of fused-ring (bicyclic) bond motifs is 8. The van der Waals surface area contributed by atoms with Crippen molar-refractivity contribution >= 4 is 11.7 Å². The summed E-state index contributed by atoms with van der Waals surface area (Å²) in [6.45, 7) is 0.264. The van der Waals surface area contributed by atoms with Crippen LogP contribution >= 0.6 is 0 Å². The molecule has 4 aliphatic rings. The molecule has 0 aromatic heterocycles. The van der Waals surface area contributed by atoms with E-state index in [1.807, 2.05) is 12.1 Å². The lowest BCUT2D eigenvalue weighted by Crippen LogP contribution is -2.36. The molecule has 138 valence electrons. The van der Waals surface area contributed by atoms with Crippen LogP contribution in [0.25, 0.3) is 0 Å². The third kappa shape index (κ3) is 2.08. The highest BCUT2D eigenvalue weighted by molar-refractivity contribution is 5.95. The van der Waals surface area contributed by atoms with E-state index in [0.29, 0.717) is 29.2 Å². The van der Waals surface area contributed by atoms with Gasteiger partial charge in [0.2, 0.25) is 6.79 Å². The minimum atomic E-state index is -0.870. The number of nitrogens with one attached hydrogen (secondary N) is 1. The highest BCUT2D eigenvalue weighted by Crippen LogP contribution is 2.64. The predicted octanol–water partition coefficient (Wildman–Crippen LogP) is 4.41. The van der Waals surface area contributed by atoms with Gasteiger partial charge in [-0.2, -0.15) is 0 Å². The molecule has 2 heterocycles. The Morgan fingerprint density at radius 1 is 1.07 bits per heavy atom. The van der Waals surface area contributed by atoms with Crippen LogP contribution in [0.1, 0.15) is 52.7 Å². The van der Waals surface area contributed by atoms with E-state index in [1.54, 1.807) is 6.07 Å². The van der Waals surface area contributed by atoms with Crippen molar-refractivity contribution in [2.45, 2.75) is 31.2 Å². The van der Waals surface area contributed by atoms with Crippen LogP contribution in [-0.4, -0.2) is 17.9 Å². The second kappa shape index (κ2) is 5.41. The van der Waals surface area contributed by atoms with Crippen LogP contribution in [0.2, 0.25) is 0 Å². The van der Waals surface area contributed by atoms with Crippen LogP contribution in [0.4, 0.5) is 5.69 Å². The van der Waals surface area contributed by atoms with E-state index in [0.717, 1.165) is 22.7 Å². The van der Waals surface area contributed by atoms with Gasteiger partial charge < -0.3 is 19.9 Å². The fourth-order valence-electron chi connectivity index (χ4n) is 6.13. The Labute approximate surface area is 157 Å². The Morgan fingerprint density at radius 3 is 2.81 bits per heavy atom. The van der Waals surface area contributed by atoms with Crippen molar-refractivity contribution < 1.29 is 19.4 Å². The van der Waals surface area contributed by atoms with Gasteiger partial charge in [0.15, 0.2) is 11.5 Å². The van der Waals surface area contributed by atoms with E-state index in [-0.39, 0.29) is 12.8 Å². The zero-order valence-corrected chi connectivity index (χ0v) is 14.9. The SMILES string of the molecule is O=C(O)c1cccc2c1N[C@H](c1ccc3c(c1)OCO3)[C@H]1[C@H]3CC[C@@H](C3)[C@@H]21. The average Bonchev–Trinajstić information content (AvgIpc) is 3.42. The topological polar surface area (TPSA) is 67.8 Å². The number of aromatic carboxylic acids is 1. The second-order valence-corrected chi connectivity index (χ2v) is 8.25. The minimum absolute atomic E-state index is 0.104. The zero-order chi connectivity index (χ0) is 18.1. The summed E-state index contributed by atoms with van der Waals surface area (Å²) in [6.07, 6.45) is 3.80. The summed E-state index contributed by atoms with van der Waals surface area (Å²) >= 11 is 0. The smallest absolute Gasteiger partial charge is 0.337 e. The van der Waals surface area contributed by atoms with Crippen molar-refractivity contribution in [1.29, 1.82) is 0 Å². The molecule has 5 atom stereocenters. The minimum Gasteiger partial charge on any atom is -0.478 e. The second-order valence-electron chi connectivity index (χ2n) is 8.25. The first kappa shape index (κ1) is 15.4. The first-order chi connectivity index (χ1) is 13.2. The van der Waals surface area contributed by atoms with Gasteiger partial charge >= 0.3 is 5.97 Å². The molecule has 2 fully saturated rings. The van der Waals surface area contributed by atoms with Gasteiger partial charge in [-0.1, -0.05) is 18.2 Å². The molecule has 0 saturated heterocycles. The van der Waals surface area contributed by atoms with E-state index >= 15 is 0 Å². The highest BCUT2D eigenvalue weighted by Gasteiger charge is 2.54. The van der Waals surface area contributed by atoms with Crippen LogP contribution < -0.4 is 14.8 Å². The largest absolute Gasteiger partial charge is 0.478 e. The van der Waals surface area contributed by atoms with Crippen LogP contribution in [0.3, 0.4) is 0 Å². The molecule has 2 aliphatic heterocycles. The van der Waals surface area contributed by atoms with Gasteiger partial charge in [0.1, 0.15) is 0 Å². The summed E-state index contributed by atoms with van der Waals surface area (Å²) in [7, 11) is 0. The van der Waals surface area contributed by atoms with Gasteiger partial charge in [0.05, 0.1) is 17.3 Å². The maximum atomic E-state index is 11.8. The van der Waals surface area contributed by atoms with Crippen molar-refractivity contribution in [1.82, 2.24) is 0 Å². The number of carboxylic acids is 1. The maximum absolute atomic E-state index is 11.8. The molecular weight excluding hydrogens is 342 g/mol. The van der Waals surface area contributed by atoms with Crippen molar-refractivity contribution in [2.75, 3.05) is 12.1 Å². The van der Waals surface area contributed by atoms with Crippen molar-refractivity contribution in [2.24, 2.45) is 17.8 Å². The molecule has 2 aromatic rings. The molecule has 2 bridgehead atoms. The molecule has 2 N–H and O–H groups in total. The van der Waals surface area contributed by atoms with E-state index < -0.39 is 5.97 Å². The Bertz CT molecular complexity index is 955. The fraction of sp³-hybridized carbons (Fsp3) is 0.409. The first-order valence-corrected chi connectivity index (χ1v) is 9.73. The van der Waals surface area contributed by atoms with Crippen LogP contribution in [0.15, 0.2) is 36.4 Å². The van der Waals surface area contributed by atoms with E-state index in [1.165, 1.54) is 24.8 Å². The normalized spacial score (nSPS) is 31.9. The van der Waals surface area contributed by atoms with Crippen molar-refractivity contribution in [3.63, 3.8) is 0 Å². The monoisotopic (exact) mass is 363 g/mol. The summed E-state index contributed by atoms with van der Waals surface area (Å²) in [5, 5.41) is 13.4.